The van der Waals surface area contributed by atoms with Gasteiger partial charge in [0.25, 0.3) is 10.0 Å². The normalized spacial score (nSPS) is 17.1. The maximum absolute atomic E-state index is 12.4. The number of aliphatic imine (C=N–C) groups is 1. The molecule has 8 heteroatoms. The lowest BCUT2D eigenvalue weighted by molar-refractivity contribution is -0.121. The van der Waals surface area contributed by atoms with Crippen LogP contribution >= 0.6 is 0 Å². The molecule has 1 aliphatic rings. The average molecular weight is 410 g/mol. The summed E-state index contributed by atoms with van der Waals surface area (Å²) in [7, 11) is -3.61. The van der Waals surface area contributed by atoms with Gasteiger partial charge in [-0.1, -0.05) is 30.3 Å². The molecule has 4 rings (SSSR count). The molecule has 0 saturated carbocycles. The molecule has 3 aromatic rings. The number of hydrogen-bond donors (Lipinski definition) is 2. The van der Waals surface area contributed by atoms with Crippen LogP contribution < -0.4 is 10.0 Å². The molecule has 0 saturated heterocycles. The molecule has 1 aliphatic heterocycles. The number of aryl methyl sites for hydroxylation is 1. The van der Waals surface area contributed by atoms with E-state index in [0.717, 1.165) is 13.0 Å². The first-order chi connectivity index (χ1) is 14.0. The van der Waals surface area contributed by atoms with Crippen LogP contribution in [0.15, 0.2) is 70.7 Å². The Kier molecular flexibility index (Phi) is 5.10. The number of amides is 1. The Morgan fingerprint density at radius 1 is 1.14 bits per heavy atom. The summed E-state index contributed by atoms with van der Waals surface area (Å²) >= 11 is 0. The van der Waals surface area contributed by atoms with Crippen molar-refractivity contribution < 1.29 is 13.2 Å². The van der Waals surface area contributed by atoms with Crippen LogP contribution in [0.3, 0.4) is 0 Å². The largest absolute Gasteiger partial charge is 0.354 e. The van der Waals surface area contributed by atoms with Gasteiger partial charge in [-0.15, -0.1) is 0 Å². The van der Waals surface area contributed by atoms with Crippen molar-refractivity contribution in [3.8, 4) is 0 Å². The smallest absolute Gasteiger partial charge is 0.263 e. The van der Waals surface area contributed by atoms with E-state index in [1.165, 1.54) is 17.0 Å². The first kappa shape index (κ1) is 19.2. The quantitative estimate of drug-likeness (QED) is 0.611. The van der Waals surface area contributed by atoms with Gasteiger partial charge in [0, 0.05) is 30.4 Å². The second kappa shape index (κ2) is 7.71. The highest BCUT2D eigenvalue weighted by atomic mass is 32.2. The molecule has 150 valence electrons. The number of benzene rings is 2. The molecule has 0 aliphatic carbocycles. The van der Waals surface area contributed by atoms with E-state index >= 15 is 0 Å². The van der Waals surface area contributed by atoms with Gasteiger partial charge >= 0.3 is 0 Å². The van der Waals surface area contributed by atoms with Gasteiger partial charge in [0.05, 0.1) is 4.90 Å². The highest BCUT2D eigenvalue weighted by Gasteiger charge is 2.31. The van der Waals surface area contributed by atoms with Crippen LogP contribution in [0.2, 0.25) is 0 Å². The molecule has 0 bridgehead atoms. The fourth-order valence-corrected chi connectivity index (χ4v) is 4.67. The first-order valence-electron chi connectivity index (χ1n) is 9.47. The van der Waals surface area contributed by atoms with Crippen LogP contribution in [-0.2, 0) is 21.4 Å². The van der Waals surface area contributed by atoms with Gasteiger partial charge in [0.15, 0.2) is 0 Å². The van der Waals surface area contributed by atoms with Crippen LogP contribution in [0.5, 0.6) is 0 Å². The van der Waals surface area contributed by atoms with Gasteiger partial charge in [-0.25, -0.2) is 8.42 Å². The van der Waals surface area contributed by atoms with E-state index in [2.05, 4.69) is 37.8 Å². The molecule has 2 N–H and O–H groups in total. The molecule has 29 heavy (non-hydrogen) atoms. The van der Waals surface area contributed by atoms with Gasteiger partial charge in [0.1, 0.15) is 11.9 Å². The third kappa shape index (κ3) is 3.88. The van der Waals surface area contributed by atoms with Crippen molar-refractivity contribution >= 4 is 32.7 Å². The minimum atomic E-state index is -3.61. The topological polar surface area (TPSA) is 92.6 Å². The third-order valence-electron chi connectivity index (χ3n) is 4.92. The van der Waals surface area contributed by atoms with E-state index in [1.807, 2.05) is 18.3 Å². The van der Waals surface area contributed by atoms with E-state index in [0.29, 0.717) is 12.1 Å². The summed E-state index contributed by atoms with van der Waals surface area (Å²) in [6.45, 7) is 2.96. The van der Waals surface area contributed by atoms with Crippen LogP contribution in [0.25, 0.3) is 10.9 Å². The van der Waals surface area contributed by atoms with Gasteiger partial charge < -0.3 is 9.88 Å². The van der Waals surface area contributed by atoms with Gasteiger partial charge in [0.2, 0.25) is 5.91 Å². The number of sulfonamides is 1. The molecule has 0 spiro atoms. The fourth-order valence-electron chi connectivity index (χ4n) is 3.43. The number of carbonyl (C=O) groups is 1. The zero-order valence-electron chi connectivity index (χ0n) is 16.0. The molecule has 0 radical (unpaired) electrons. The summed E-state index contributed by atoms with van der Waals surface area (Å²) in [6.07, 6.45) is 2.83. The fraction of sp³-hybridized carbons (Fsp3) is 0.238. The molecule has 7 nitrogen and oxygen atoms in total. The van der Waals surface area contributed by atoms with Crippen LogP contribution in [0.1, 0.15) is 18.9 Å². The van der Waals surface area contributed by atoms with Crippen LogP contribution in [-0.4, -0.2) is 37.3 Å². The summed E-state index contributed by atoms with van der Waals surface area (Å²) in [6, 6.07) is 16.1. The standard InChI is InChI=1S/C21H22N4O3S/c1-15(23-20-17-8-3-5-10-19(17)29(27,28)24-20)21(26)22-12-6-13-25-14-11-16-7-2-4-9-18(16)25/h2-5,7-11,14-15H,6,12-13H2,1H3,(H,22,26)(H,23,24). The van der Waals surface area contributed by atoms with E-state index in [-0.39, 0.29) is 16.6 Å². The summed E-state index contributed by atoms with van der Waals surface area (Å²) < 4.78 is 28.9. The molecule has 0 fully saturated rings. The highest BCUT2D eigenvalue weighted by molar-refractivity contribution is 7.90. The minimum absolute atomic E-state index is 0.185. The van der Waals surface area contributed by atoms with Gasteiger partial charge in [-0.3, -0.25) is 14.5 Å². The molecular weight excluding hydrogens is 388 g/mol. The molecular formula is C21H22N4O3S. The monoisotopic (exact) mass is 410 g/mol. The second-order valence-corrected chi connectivity index (χ2v) is 8.62. The Bertz CT molecular complexity index is 1200. The average Bonchev–Trinajstić information content (AvgIpc) is 3.24. The lowest BCUT2D eigenvalue weighted by Gasteiger charge is -2.10. The Morgan fingerprint density at radius 3 is 2.76 bits per heavy atom. The van der Waals surface area contributed by atoms with Crippen molar-refractivity contribution in [3.05, 3.63) is 66.4 Å². The van der Waals surface area contributed by atoms with E-state index in [4.69, 9.17) is 0 Å². The van der Waals surface area contributed by atoms with Crippen LogP contribution in [0.4, 0.5) is 0 Å². The van der Waals surface area contributed by atoms with Gasteiger partial charge in [-0.2, -0.15) is 0 Å². The Labute approximate surface area is 169 Å². The lowest BCUT2D eigenvalue weighted by atomic mass is 10.2. The maximum Gasteiger partial charge on any atom is 0.263 e. The van der Waals surface area contributed by atoms with Crippen LogP contribution in [0, 0.1) is 0 Å². The summed E-state index contributed by atoms with van der Waals surface area (Å²) in [5.41, 5.74) is 1.66. The van der Waals surface area contributed by atoms with Crippen molar-refractivity contribution in [2.75, 3.05) is 6.54 Å². The molecule has 2 heterocycles. The molecule has 1 atom stereocenters. The number of amidine groups is 1. The highest BCUT2D eigenvalue weighted by Crippen LogP contribution is 2.22. The first-order valence-corrected chi connectivity index (χ1v) is 11.0. The number of aromatic nitrogens is 1. The molecule has 1 aromatic heterocycles. The zero-order chi connectivity index (χ0) is 20.4. The zero-order valence-corrected chi connectivity index (χ0v) is 16.8. The van der Waals surface area contributed by atoms with E-state index < -0.39 is 16.1 Å². The van der Waals surface area contributed by atoms with Crippen molar-refractivity contribution in [2.45, 2.75) is 30.8 Å². The predicted molar refractivity (Wildman–Crippen MR) is 112 cm³/mol. The molecule has 2 aromatic carbocycles. The van der Waals surface area contributed by atoms with E-state index in [1.54, 1.807) is 25.1 Å². The predicted octanol–water partition coefficient (Wildman–Crippen LogP) is 2.27. The van der Waals surface area contributed by atoms with Crippen molar-refractivity contribution in [3.63, 3.8) is 0 Å². The van der Waals surface area contributed by atoms with Gasteiger partial charge in [-0.05, 0) is 43.0 Å². The number of hydrogen-bond acceptors (Lipinski definition) is 4. The van der Waals surface area contributed by atoms with E-state index in [9.17, 15) is 13.2 Å². The van der Waals surface area contributed by atoms with Crippen molar-refractivity contribution in [1.82, 2.24) is 14.6 Å². The Balaban J connectivity index is 1.34. The molecule has 1 amide bonds. The lowest BCUT2D eigenvalue weighted by Crippen LogP contribution is -2.34. The number of rotatable bonds is 6. The number of nitrogens with zero attached hydrogens (tertiary/aromatic N) is 2. The number of carbonyl (C=O) groups excluding carboxylic acids is 1. The summed E-state index contributed by atoms with van der Waals surface area (Å²) in [4.78, 5) is 16.9. The summed E-state index contributed by atoms with van der Waals surface area (Å²) in [5.74, 6) is -0.0273. The Morgan fingerprint density at radius 2 is 1.90 bits per heavy atom. The van der Waals surface area contributed by atoms with Crippen molar-refractivity contribution in [2.24, 2.45) is 4.99 Å². The Hall–Kier alpha value is -3.13. The summed E-state index contributed by atoms with van der Waals surface area (Å²) in [5, 5.41) is 4.07. The number of para-hydroxylation sites is 1. The van der Waals surface area contributed by atoms with Crippen molar-refractivity contribution in [1.29, 1.82) is 0 Å². The number of fused-ring (bicyclic) bond motifs is 2. The third-order valence-corrected chi connectivity index (χ3v) is 6.32. The minimum Gasteiger partial charge on any atom is -0.354 e. The second-order valence-electron chi connectivity index (χ2n) is 6.97. The molecule has 1 unspecified atom stereocenters. The number of nitrogens with one attached hydrogen (secondary N) is 2. The maximum atomic E-state index is 12.4. The SMILES string of the molecule is CC(N=C1NS(=O)(=O)c2ccccc21)C(=O)NCCCn1ccc2ccccc21.